The number of amides is 1. The van der Waals surface area contributed by atoms with E-state index in [1.165, 1.54) is 23.5 Å². The van der Waals surface area contributed by atoms with Crippen LogP contribution in [-0.4, -0.2) is 68.4 Å². The number of anilines is 3. The van der Waals surface area contributed by atoms with Crippen molar-refractivity contribution < 1.29 is 9.18 Å². The van der Waals surface area contributed by atoms with Gasteiger partial charge < -0.3 is 14.7 Å². The zero-order valence-electron chi connectivity index (χ0n) is 25.3. The fourth-order valence-corrected chi connectivity index (χ4v) is 6.66. The predicted molar refractivity (Wildman–Crippen MR) is 172 cm³/mol. The number of piperazine rings is 1. The number of benzene rings is 1. The summed E-state index contributed by atoms with van der Waals surface area (Å²) in [6.07, 6.45) is 7.59. The van der Waals surface area contributed by atoms with Crippen molar-refractivity contribution in [3.8, 4) is 34.5 Å². The number of hydrogen-bond acceptors (Lipinski definition) is 10. The van der Waals surface area contributed by atoms with Crippen LogP contribution in [0.15, 0.2) is 55.0 Å². The Balaban J connectivity index is 1.13. The van der Waals surface area contributed by atoms with E-state index >= 15 is 0 Å². The second-order valence-electron chi connectivity index (χ2n) is 11.5. The van der Waals surface area contributed by atoms with Crippen LogP contribution < -0.4 is 9.80 Å². The maximum Gasteiger partial charge on any atom is 0.243 e. The van der Waals surface area contributed by atoms with E-state index in [-0.39, 0.29) is 11.7 Å². The summed E-state index contributed by atoms with van der Waals surface area (Å²) in [7, 11) is 1.90. The summed E-state index contributed by atoms with van der Waals surface area (Å²) in [5, 5.41) is 19.8. The maximum absolute atomic E-state index is 13.5. The second kappa shape index (κ2) is 11.5. The van der Waals surface area contributed by atoms with Crippen LogP contribution in [0.4, 0.5) is 21.3 Å². The highest BCUT2D eigenvalue weighted by Gasteiger charge is 2.52. The second-order valence-corrected chi connectivity index (χ2v) is 12.5. The normalized spacial score (nSPS) is 15.4. The van der Waals surface area contributed by atoms with Crippen molar-refractivity contribution in [2.45, 2.75) is 26.2 Å². The van der Waals surface area contributed by atoms with E-state index in [1.54, 1.807) is 29.4 Å². The fourth-order valence-electron chi connectivity index (χ4n) is 5.81. The van der Waals surface area contributed by atoms with E-state index in [0.717, 1.165) is 28.3 Å². The summed E-state index contributed by atoms with van der Waals surface area (Å²) in [6.45, 7) is 4.34. The van der Waals surface area contributed by atoms with Crippen molar-refractivity contribution in [1.82, 2.24) is 29.2 Å². The summed E-state index contributed by atoms with van der Waals surface area (Å²) in [5.41, 5.74) is 3.78. The van der Waals surface area contributed by atoms with Crippen molar-refractivity contribution in [2.24, 2.45) is 5.41 Å². The van der Waals surface area contributed by atoms with Crippen LogP contribution in [0.2, 0.25) is 0 Å². The largest absolute Gasteiger partial charge is 0.338 e. The van der Waals surface area contributed by atoms with Gasteiger partial charge in [0.1, 0.15) is 39.3 Å². The van der Waals surface area contributed by atoms with Crippen LogP contribution in [0, 0.1) is 33.9 Å². The van der Waals surface area contributed by atoms with Crippen molar-refractivity contribution in [3.63, 3.8) is 0 Å². The number of aromatic nitrogens is 5. The first-order valence-corrected chi connectivity index (χ1v) is 15.9. The summed E-state index contributed by atoms with van der Waals surface area (Å²) >= 11 is 1.27. The molecule has 0 N–H and O–H groups in total. The lowest BCUT2D eigenvalue weighted by molar-refractivity contribution is -0.135. The zero-order valence-corrected chi connectivity index (χ0v) is 26.1. The van der Waals surface area contributed by atoms with Crippen LogP contribution in [0.3, 0.4) is 0 Å². The molecule has 11 nitrogen and oxygen atoms in total. The van der Waals surface area contributed by atoms with E-state index in [2.05, 4.69) is 27.0 Å². The van der Waals surface area contributed by atoms with Crippen molar-refractivity contribution in [2.75, 3.05) is 43.0 Å². The predicted octanol–water partition coefficient (Wildman–Crippen LogP) is 5.21. The molecule has 1 saturated carbocycles. The monoisotopic (exact) mass is 632 g/mol. The van der Waals surface area contributed by atoms with Crippen LogP contribution >= 0.6 is 11.3 Å². The Bertz CT molecular complexity index is 2030. The van der Waals surface area contributed by atoms with Gasteiger partial charge in [-0.15, -0.1) is 0 Å². The highest BCUT2D eigenvalue weighted by molar-refractivity contribution is 7.16. The van der Waals surface area contributed by atoms with Gasteiger partial charge in [0.2, 0.25) is 11.9 Å². The molecular weight excluding hydrogens is 603 g/mol. The molecule has 46 heavy (non-hydrogen) atoms. The number of carbonyl (C=O) groups excluding carboxylic acids is 1. The number of rotatable bonds is 7. The third-order valence-corrected chi connectivity index (χ3v) is 9.67. The third-order valence-electron chi connectivity index (χ3n) is 8.63. The van der Waals surface area contributed by atoms with E-state index in [0.29, 0.717) is 72.7 Å². The number of pyridine rings is 1. The first-order valence-electron chi connectivity index (χ1n) is 15.0. The van der Waals surface area contributed by atoms with Gasteiger partial charge >= 0.3 is 0 Å². The number of nitrogens with zero attached hydrogens (tertiary/aromatic N) is 10. The Kier molecular flexibility index (Phi) is 7.34. The number of halogens is 1. The van der Waals surface area contributed by atoms with E-state index < -0.39 is 5.41 Å². The highest BCUT2D eigenvalue weighted by atomic mass is 32.1. The van der Waals surface area contributed by atoms with Gasteiger partial charge in [0, 0.05) is 68.5 Å². The van der Waals surface area contributed by atoms with E-state index in [1.807, 2.05) is 41.6 Å². The van der Waals surface area contributed by atoms with Gasteiger partial charge in [-0.2, -0.15) is 10.5 Å². The average Bonchev–Trinajstić information content (AvgIpc) is 3.64. The molecule has 13 heteroatoms. The Hall–Kier alpha value is -5.40. The summed E-state index contributed by atoms with van der Waals surface area (Å²) in [5.74, 6) is 1.03. The van der Waals surface area contributed by atoms with Gasteiger partial charge in [-0.25, -0.2) is 24.3 Å². The molecular formula is C33H29FN10OS. The molecule has 0 atom stereocenters. The van der Waals surface area contributed by atoms with Crippen LogP contribution in [0.1, 0.15) is 30.3 Å². The number of aryl methyl sites for hydroxylation is 1. The SMILES string of the molecule is CCc1nc2ccc(-c3cnc(N4CCN(C(=O)C5(C#N)CC5)CC4)nc3)cn2c1N(C)c1nc(-c2ccc(F)cc2)c(C#N)s1. The maximum atomic E-state index is 13.5. The fraction of sp³-hybridized carbons (Fsp3) is 0.303. The Morgan fingerprint density at radius 2 is 1.70 bits per heavy atom. The summed E-state index contributed by atoms with van der Waals surface area (Å²) < 4.78 is 15.6. The molecule has 2 aliphatic rings. The molecule has 230 valence electrons. The Morgan fingerprint density at radius 1 is 1.00 bits per heavy atom. The molecule has 1 aromatic carbocycles. The number of imidazole rings is 1. The number of hydrogen-bond donors (Lipinski definition) is 0. The topological polar surface area (TPSA) is 130 Å². The minimum absolute atomic E-state index is 0.0502. The molecule has 5 heterocycles. The molecule has 0 spiro atoms. The minimum atomic E-state index is -0.796. The first kappa shape index (κ1) is 29.3. The van der Waals surface area contributed by atoms with Crippen molar-refractivity contribution in [3.05, 3.63) is 71.4 Å². The summed E-state index contributed by atoms with van der Waals surface area (Å²) in [4.78, 5) is 37.9. The van der Waals surface area contributed by atoms with Gasteiger partial charge in [-0.1, -0.05) is 18.3 Å². The van der Waals surface area contributed by atoms with E-state index in [9.17, 15) is 19.7 Å². The molecule has 2 fully saturated rings. The van der Waals surface area contributed by atoms with Gasteiger partial charge in [-0.3, -0.25) is 9.20 Å². The number of fused-ring (bicyclic) bond motifs is 1. The molecule has 0 unspecified atom stereocenters. The third kappa shape index (κ3) is 5.08. The molecule has 5 aromatic rings. The highest BCUT2D eigenvalue weighted by Crippen LogP contribution is 2.46. The minimum Gasteiger partial charge on any atom is -0.338 e. The van der Waals surface area contributed by atoms with Gasteiger partial charge in [0.05, 0.1) is 11.8 Å². The Morgan fingerprint density at radius 3 is 2.33 bits per heavy atom. The quantitative estimate of drug-likeness (QED) is 0.237. The molecule has 0 bridgehead atoms. The summed E-state index contributed by atoms with van der Waals surface area (Å²) in [6, 6.07) is 14.4. The van der Waals surface area contributed by atoms with Gasteiger partial charge in [0.25, 0.3) is 0 Å². The molecule has 1 aliphatic carbocycles. The lowest BCUT2D eigenvalue weighted by atomic mass is 10.1. The smallest absolute Gasteiger partial charge is 0.243 e. The van der Waals surface area contributed by atoms with E-state index in [4.69, 9.17) is 9.97 Å². The zero-order chi connectivity index (χ0) is 32.0. The first-order chi connectivity index (χ1) is 22.3. The molecule has 1 aliphatic heterocycles. The standard InChI is InChI=1S/C33H29FN10OS/c1-3-25-29(41(2)32-40-28(26(16-35)46-32)21-4-7-24(34)8-5-21)44-19-22(6-9-27(44)39-25)23-17-37-31(38-18-23)43-14-12-42(13-15-43)30(45)33(20-36)10-11-33/h4-9,17-19H,3,10-15H2,1-2H3. The number of thiazole rings is 1. The van der Waals surface area contributed by atoms with Crippen LogP contribution in [-0.2, 0) is 11.2 Å². The average molecular weight is 633 g/mol. The lowest BCUT2D eigenvalue weighted by Crippen LogP contribution is -2.51. The van der Waals surface area contributed by atoms with Crippen molar-refractivity contribution >= 4 is 39.8 Å². The lowest BCUT2D eigenvalue weighted by Gasteiger charge is -2.35. The van der Waals surface area contributed by atoms with Gasteiger partial charge in [-0.05, 0) is 55.7 Å². The van der Waals surface area contributed by atoms with Crippen molar-refractivity contribution in [1.29, 1.82) is 10.5 Å². The van der Waals surface area contributed by atoms with Gasteiger partial charge in [0.15, 0.2) is 5.13 Å². The Labute approximate surface area is 268 Å². The number of nitriles is 2. The number of carbonyl (C=O) groups is 1. The molecule has 7 rings (SSSR count). The van der Waals surface area contributed by atoms with Crippen LogP contribution in [0.5, 0.6) is 0 Å². The molecule has 4 aromatic heterocycles. The molecule has 0 radical (unpaired) electrons. The van der Waals surface area contributed by atoms with Crippen LogP contribution in [0.25, 0.3) is 28.0 Å². The molecule has 1 amide bonds. The molecule has 1 saturated heterocycles.